The number of hydrogen-bond acceptors (Lipinski definition) is 5. The minimum Gasteiger partial charge on any atom is -0.497 e. The van der Waals surface area contributed by atoms with Crippen LogP contribution < -0.4 is 14.8 Å². The third-order valence-corrected chi connectivity index (χ3v) is 6.86. The Morgan fingerprint density at radius 2 is 1.79 bits per heavy atom. The largest absolute Gasteiger partial charge is 0.497 e. The van der Waals surface area contributed by atoms with Crippen molar-refractivity contribution in [3.63, 3.8) is 0 Å². The summed E-state index contributed by atoms with van der Waals surface area (Å²) >= 11 is 7.55. The van der Waals surface area contributed by atoms with Gasteiger partial charge in [-0.05, 0) is 47.5 Å². The van der Waals surface area contributed by atoms with Crippen molar-refractivity contribution in [3.05, 3.63) is 88.4 Å². The third-order valence-electron chi connectivity index (χ3n) is 5.35. The van der Waals surface area contributed by atoms with Gasteiger partial charge in [0.25, 0.3) is 5.91 Å². The van der Waals surface area contributed by atoms with Gasteiger partial charge in [0.2, 0.25) is 5.91 Å². The molecule has 0 spiro atoms. The summed E-state index contributed by atoms with van der Waals surface area (Å²) in [6.45, 7) is 0.505. The zero-order valence-corrected chi connectivity index (χ0v) is 19.8. The van der Waals surface area contributed by atoms with Crippen molar-refractivity contribution >= 4 is 40.9 Å². The van der Waals surface area contributed by atoms with Crippen LogP contribution in [-0.2, 0) is 11.3 Å². The van der Waals surface area contributed by atoms with Gasteiger partial charge in [0.1, 0.15) is 16.9 Å². The van der Waals surface area contributed by atoms with Crippen molar-refractivity contribution in [2.45, 2.75) is 11.9 Å². The maximum atomic E-state index is 12.8. The fourth-order valence-corrected chi connectivity index (χ4v) is 4.91. The Bertz CT molecular complexity index is 1150. The second kappa shape index (κ2) is 10.2. The first-order valence-corrected chi connectivity index (χ1v) is 11.7. The highest BCUT2D eigenvalue weighted by molar-refractivity contribution is 8.00. The van der Waals surface area contributed by atoms with E-state index in [-0.39, 0.29) is 17.2 Å². The molecule has 1 saturated heterocycles. The molecule has 8 heteroatoms. The van der Waals surface area contributed by atoms with Crippen LogP contribution in [0.15, 0.2) is 66.7 Å². The Kier molecular flexibility index (Phi) is 7.11. The lowest BCUT2D eigenvalue weighted by atomic mass is 10.1. The standard InChI is InChI=1S/C25H23ClN2O4S/c1-31-20-11-12-22(32-2)21(13-20)27-24(30)17-5-7-18(8-6-17)25-28(23(29)15-33-25)14-16-3-9-19(26)10-4-16/h3-13,25H,14-15H2,1-2H3,(H,27,30)/t25-/m1/s1. The van der Waals surface area contributed by atoms with Crippen LogP contribution in [0.25, 0.3) is 0 Å². The molecule has 1 fully saturated rings. The number of carbonyl (C=O) groups excluding carboxylic acids is 2. The van der Waals surface area contributed by atoms with Crippen LogP contribution >= 0.6 is 23.4 Å². The van der Waals surface area contributed by atoms with E-state index in [1.54, 1.807) is 56.3 Å². The van der Waals surface area contributed by atoms with E-state index < -0.39 is 0 Å². The molecule has 0 saturated carbocycles. The average Bonchev–Trinajstić information content (AvgIpc) is 3.20. The summed E-state index contributed by atoms with van der Waals surface area (Å²) in [6.07, 6.45) is 0. The molecule has 170 valence electrons. The molecule has 0 aliphatic carbocycles. The number of halogens is 1. The molecule has 33 heavy (non-hydrogen) atoms. The van der Waals surface area contributed by atoms with Gasteiger partial charge in [-0.3, -0.25) is 9.59 Å². The van der Waals surface area contributed by atoms with E-state index in [1.807, 2.05) is 41.3 Å². The number of methoxy groups -OCH3 is 2. The van der Waals surface area contributed by atoms with Crippen LogP contribution in [-0.4, -0.2) is 36.7 Å². The highest BCUT2D eigenvalue weighted by Gasteiger charge is 2.32. The van der Waals surface area contributed by atoms with Crippen LogP contribution in [0.2, 0.25) is 5.02 Å². The Hall–Kier alpha value is -3.16. The Labute approximate surface area is 201 Å². The van der Waals surface area contributed by atoms with Gasteiger partial charge in [0.15, 0.2) is 0 Å². The van der Waals surface area contributed by atoms with Crippen LogP contribution in [0, 0.1) is 0 Å². The van der Waals surface area contributed by atoms with Gasteiger partial charge in [0, 0.05) is 23.2 Å². The van der Waals surface area contributed by atoms with E-state index in [0.717, 1.165) is 11.1 Å². The number of benzene rings is 3. The van der Waals surface area contributed by atoms with Crippen molar-refractivity contribution in [3.8, 4) is 11.5 Å². The molecule has 0 unspecified atom stereocenters. The number of anilines is 1. The smallest absolute Gasteiger partial charge is 0.255 e. The summed E-state index contributed by atoms with van der Waals surface area (Å²) in [4.78, 5) is 27.2. The SMILES string of the molecule is COc1ccc(OC)c(NC(=O)c2ccc([C@H]3SCC(=O)N3Cc3ccc(Cl)cc3)cc2)c1. The van der Waals surface area contributed by atoms with Gasteiger partial charge in [-0.15, -0.1) is 11.8 Å². The normalized spacial score (nSPS) is 15.4. The second-order valence-corrected chi connectivity index (χ2v) is 8.96. The second-order valence-electron chi connectivity index (χ2n) is 7.45. The summed E-state index contributed by atoms with van der Waals surface area (Å²) in [5, 5.41) is 3.43. The molecule has 1 aliphatic heterocycles. The lowest BCUT2D eigenvalue weighted by Gasteiger charge is -2.24. The topological polar surface area (TPSA) is 67.9 Å². The molecule has 0 bridgehead atoms. The molecule has 3 aromatic rings. The number of rotatable bonds is 7. The lowest BCUT2D eigenvalue weighted by molar-refractivity contribution is -0.128. The number of carbonyl (C=O) groups is 2. The van der Waals surface area contributed by atoms with Crippen LogP contribution in [0.3, 0.4) is 0 Å². The van der Waals surface area contributed by atoms with Gasteiger partial charge in [-0.1, -0.05) is 35.9 Å². The molecule has 1 atom stereocenters. The highest BCUT2D eigenvalue weighted by Crippen LogP contribution is 2.39. The van der Waals surface area contributed by atoms with E-state index >= 15 is 0 Å². The van der Waals surface area contributed by atoms with Crippen molar-refractivity contribution in [2.75, 3.05) is 25.3 Å². The molecule has 0 aromatic heterocycles. The number of nitrogens with zero attached hydrogens (tertiary/aromatic N) is 1. The van der Waals surface area contributed by atoms with E-state index in [2.05, 4.69) is 5.32 Å². The van der Waals surface area contributed by atoms with Gasteiger partial charge >= 0.3 is 0 Å². The summed E-state index contributed by atoms with van der Waals surface area (Å²) in [6, 6.07) is 20.0. The minimum absolute atomic E-state index is 0.0897. The van der Waals surface area contributed by atoms with Crippen molar-refractivity contribution in [1.29, 1.82) is 0 Å². The van der Waals surface area contributed by atoms with Crippen LogP contribution in [0.5, 0.6) is 11.5 Å². The third kappa shape index (κ3) is 5.26. The zero-order chi connectivity index (χ0) is 23.4. The fraction of sp³-hybridized carbons (Fsp3) is 0.200. The molecule has 3 aromatic carbocycles. The van der Waals surface area contributed by atoms with Crippen molar-refractivity contribution in [2.24, 2.45) is 0 Å². The van der Waals surface area contributed by atoms with Gasteiger partial charge < -0.3 is 19.7 Å². The highest BCUT2D eigenvalue weighted by atomic mass is 35.5. The lowest BCUT2D eigenvalue weighted by Crippen LogP contribution is -2.27. The predicted octanol–water partition coefficient (Wildman–Crippen LogP) is 5.38. The van der Waals surface area contributed by atoms with E-state index in [0.29, 0.717) is 40.1 Å². The molecule has 0 radical (unpaired) electrons. The molecule has 1 heterocycles. The fourth-order valence-electron chi connectivity index (χ4n) is 3.59. The van der Waals surface area contributed by atoms with Crippen molar-refractivity contribution in [1.82, 2.24) is 4.90 Å². The molecule has 4 rings (SSSR count). The number of thioether (sulfide) groups is 1. The predicted molar refractivity (Wildman–Crippen MR) is 131 cm³/mol. The van der Waals surface area contributed by atoms with Gasteiger partial charge in [-0.25, -0.2) is 0 Å². The van der Waals surface area contributed by atoms with Crippen LogP contribution in [0.4, 0.5) is 5.69 Å². The van der Waals surface area contributed by atoms with Crippen molar-refractivity contribution < 1.29 is 19.1 Å². The molecule has 2 amide bonds. The number of hydrogen-bond donors (Lipinski definition) is 1. The summed E-state index contributed by atoms with van der Waals surface area (Å²) in [5.74, 6) is 1.41. The van der Waals surface area contributed by atoms with Gasteiger partial charge in [-0.2, -0.15) is 0 Å². The summed E-state index contributed by atoms with van der Waals surface area (Å²) < 4.78 is 10.6. The Morgan fingerprint density at radius 1 is 1.06 bits per heavy atom. The molecule has 1 N–H and O–H groups in total. The quantitative estimate of drug-likeness (QED) is 0.489. The average molecular weight is 483 g/mol. The number of amides is 2. The Morgan fingerprint density at radius 3 is 2.45 bits per heavy atom. The summed E-state index contributed by atoms with van der Waals surface area (Å²) in [7, 11) is 3.11. The first-order valence-electron chi connectivity index (χ1n) is 10.3. The van der Waals surface area contributed by atoms with E-state index in [9.17, 15) is 9.59 Å². The molecular formula is C25H23ClN2O4S. The minimum atomic E-state index is -0.263. The molecule has 6 nitrogen and oxygen atoms in total. The monoisotopic (exact) mass is 482 g/mol. The first kappa shape index (κ1) is 23.0. The maximum absolute atomic E-state index is 12.8. The first-order chi connectivity index (χ1) is 16.0. The molecular weight excluding hydrogens is 460 g/mol. The number of ether oxygens (including phenoxy) is 2. The number of nitrogens with one attached hydrogen (secondary N) is 1. The van der Waals surface area contributed by atoms with E-state index in [4.69, 9.17) is 21.1 Å². The summed E-state index contributed by atoms with van der Waals surface area (Å²) in [5.41, 5.74) is 3.01. The van der Waals surface area contributed by atoms with E-state index in [1.165, 1.54) is 0 Å². The maximum Gasteiger partial charge on any atom is 0.255 e. The molecule has 1 aliphatic rings. The zero-order valence-electron chi connectivity index (χ0n) is 18.2. The van der Waals surface area contributed by atoms with Gasteiger partial charge in [0.05, 0.1) is 25.7 Å². The Balaban J connectivity index is 1.48. The van der Waals surface area contributed by atoms with Crippen LogP contribution in [0.1, 0.15) is 26.9 Å².